The largest absolute Gasteiger partial charge is 0.461 e. The molecule has 0 saturated carbocycles. The lowest BCUT2D eigenvalue weighted by molar-refractivity contribution is 0.0520. The summed E-state index contributed by atoms with van der Waals surface area (Å²) in [4.78, 5) is 14.7. The number of H-pyrrole nitrogens is 1. The van der Waals surface area contributed by atoms with Crippen LogP contribution >= 0.6 is 0 Å². The normalized spacial score (nSPS) is 12.5. The van der Waals surface area contributed by atoms with Gasteiger partial charge in [-0.25, -0.2) is 4.79 Å². The van der Waals surface area contributed by atoms with Crippen LogP contribution in [-0.4, -0.2) is 32.5 Å². The lowest BCUT2D eigenvalue weighted by Gasteiger charge is -2.36. The highest BCUT2D eigenvalue weighted by molar-refractivity contribution is 6.74. The van der Waals surface area contributed by atoms with Gasteiger partial charge in [-0.3, -0.25) is 0 Å². The van der Waals surface area contributed by atoms with E-state index in [0.717, 1.165) is 25.1 Å². The van der Waals surface area contributed by atoms with Gasteiger partial charge in [0.05, 0.1) is 6.61 Å². The third kappa shape index (κ3) is 5.32. The Bertz CT molecular complexity index is 460. The molecule has 1 heterocycles. The molecular weight excluding hydrogens is 282 g/mol. The highest BCUT2D eigenvalue weighted by atomic mass is 28.4. The number of aromatic amines is 1. The van der Waals surface area contributed by atoms with Gasteiger partial charge in [-0.1, -0.05) is 20.8 Å². The number of rotatable bonds is 7. The highest BCUT2D eigenvalue weighted by Gasteiger charge is 2.36. The van der Waals surface area contributed by atoms with Crippen molar-refractivity contribution < 1.29 is 14.0 Å². The number of hydrogen-bond donors (Lipinski definition) is 1. The number of carbonyl (C=O) groups is 1. The van der Waals surface area contributed by atoms with Gasteiger partial charge in [0.2, 0.25) is 0 Å². The van der Waals surface area contributed by atoms with Crippen molar-refractivity contribution in [3.05, 3.63) is 23.5 Å². The second kappa shape index (κ2) is 7.27. The van der Waals surface area contributed by atoms with Gasteiger partial charge >= 0.3 is 5.97 Å². The first kappa shape index (κ1) is 18.0. The van der Waals surface area contributed by atoms with Crippen LogP contribution in [0, 0.1) is 0 Å². The van der Waals surface area contributed by atoms with E-state index in [1.165, 1.54) is 0 Å². The van der Waals surface area contributed by atoms with Gasteiger partial charge in [0.15, 0.2) is 8.32 Å². The summed E-state index contributed by atoms with van der Waals surface area (Å²) in [6.45, 7) is 14.2. The molecule has 120 valence electrons. The van der Waals surface area contributed by atoms with Crippen molar-refractivity contribution in [2.75, 3.05) is 13.2 Å². The van der Waals surface area contributed by atoms with Gasteiger partial charge in [-0.05, 0) is 50.0 Å². The van der Waals surface area contributed by atoms with E-state index in [2.05, 4.69) is 38.8 Å². The molecule has 4 nitrogen and oxygen atoms in total. The molecule has 1 rings (SSSR count). The van der Waals surface area contributed by atoms with E-state index in [0.29, 0.717) is 12.3 Å². The average Bonchev–Trinajstić information content (AvgIpc) is 2.82. The fourth-order valence-electron chi connectivity index (χ4n) is 1.72. The monoisotopic (exact) mass is 311 g/mol. The van der Waals surface area contributed by atoms with E-state index in [4.69, 9.17) is 9.16 Å². The molecule has 0 bridgehead atoms. The van der Waals surface area contributed by atoms with E-state index >= 15 is 0 Å². The minimum Gasteiger partial charge on any atom is -0.461 e. The lowest BCUT2D eigenvalue weighted by Crippen LogP contribution is -2.41. The number of aromatic nitrogens is 1. The molecule has 0 unspecified atom stereocenters. The Morgan fingerprint density at radius 2 is 1.95 bits per heavy atom. The zero-order chi connectivity index (χ0) is 16.1. The first-order valence-electron chi connectivity index (χ1n) is 7.66. The molecular formula is C16H29NO3Si. The van der Waals surface area contributed by atoms with Crippen molar-refractivity contribution in [2.45, 2.75) is 58.7 Å². The summed E-state index contributed by atoms with van der Waals surface area (Å²) in [6.07, 6.45) is 1.84. The number of aryl methyl sites for hydroxylation is 1. The van der Waals surface area contributed by atoms with Gasteiger partial charge < -0.3 is 14.1 Å². The summed E-state index contributed by atoms with van der Waals surface area (Å²) >= 11 is 0. The van der Waals surface area contributed by atoms with Crippen LogP contribution in [-0.2, 0) is 15.6 Å². The Morgan fingerprint density at radius 3 is 2.52 bits per heavy atom. The van der Waals surface area contributed by atoms with Crippen molar-refractivity contribution in [1.29, 1.82) is 0 Å². The summed E-state index contributed by atoms with van der Waals surface area (Å²) in [5, 5.41) is 0.247. The fraction of sp³-hybridized carbons (Fsp3) is 0.688. The molecule has 0 fully saturated rings. The van der Waals surface area contributed by atoms with E-state index in [1.807, 2.05) is 6.07 Å². The molecule has 0 aliphatic heterocycles. The van der Waals surface area contributed by atoms with Crippen molar-refractivity contribution in [1.82, 2.24) is 4.98 Å². The quantitative estimate of drug-likeness (QED) is 0.467. The predicted octanol–water partition coefficient (Wildman–Crippen LogP) is 4.15. The van der Waals surface area contributed by atoms with Crippen molar-refractivity contribution in [3.8, 4) is 0 Å². The summed E-state index contributed by atoms with van der Waals surface area (Å²) in [5.41, 5.74) is 1.58. The smallest absolute Gasteiger partial charge is 0.354 e. The highest BCUT2D eigenvalue weighted by Crippen LogP contribution is 2.36. The van der Waals surface area contributed by atoms with Gasteiger partial charge in [0.1, 0.15) is 5.69 Å². The first-order chi connectivity index (χ1) is 9.67. The maximum atomic E-state index is 11.6. The molecule has 0 aliphatic carbocycles. The Labute approximate surface area is 129 Å². The van der Waals surface area contributed by atoms with E-state index in [9.17, 15) is 4.79 Å². The number of esters is 1. The summed E-state index contributed by atoms with van der Waals surface area (Å²) < 4.78 is 11.1. The second-order valence-corrected chi connectivity index (χ2v) is 11.6. The minimum absolute atomic E-state index is 0.247. The number of ether oxygens (including phenoxy) is 1. The molecule has 21 heavy (non-hydrogen) atoms. The summed E-state index contributed by atoms with van der Waals surface area (Å²) in [6, 6.07) is 3.72. The summed E-state index contributed by atoms with van der Waals surface area (Å²) in [7, 11) is -1.65. The number of hydrogen-bond acceptors (Lipinski definition) is 3. The van der Waals surface area contributed by atoms with Gasteiger partial charge in [-0.2, -0.15) is 0 Å². The van der Waals surface area contributed by atoms with E-state index in [-0.39, 0.29) is 11.0 Å². The molecule has 0 amide bonds. The number of carbonyl (C=O) groups excluding carboxylic acids is 1. The zero-order valence-corrected chi connectivity index (χ0v) is 15.2. The molecule has 1 aromatic rings. The predicted molar refractivity (Wildman–Crippen MR) is 88.2 cm³/mol. The van der Waals surface area contributed by atoms with Crippen LogP contribution in [0.2, 0.25) is 18.1 Å². The van der Waals surface area contributed by atoms with Crippen molar-refractivity contribution >= 4 is 14.3 Å². The SMILES string of the molecule is CCOC(=O)c1ccc(CCCO[Si](C)(C)C(C)(C)C)[nH]1. The molecule has 0 saturated heterocycles. The third-order valence-corrected chi connectivity index (χ3v) is 8.64. The molecule has 1 N–H and O–H groups in total. The van der Waals surface area contributed by atoms with Crippen LogP contribution in [0.3, 0.4) is 0 Å². The zero-order valence-electron chi connectivity index (χ0n) is 14.2. The Balaban J connectivity index is 2.39. The maximum absolute atomic E-state index is 11.6. The van der Waals surface area contributed by atoms with Gasteiger partial charge in [-0.15, -0.1) is 0 Å². The lowest BCUT2D eigenvalue weighted by atomic mass is 10.2. The standard InChI is InChI=1S/C16H29NO3Si/c1-7-19-15(18)14-11-10-13(17-14)9-8-12-20-21(5,6)16(2,3)4/h10-11,17H,7-9,12H2,1-6H3. The first-order valence-corrected chi connectivity index (χ1v) is 10.6. The van der Waals surface area contributed by atoms with Crippen LogP contribution in [0.25, 0.3) is 0 Å². The van der Waals surface area contributed by atoms with Gasteiger partial charge in [0.25, 0.3) is 0 Å². The molecule has 0 aromatic carbocycles. The van der Waals surface area contributed by atoms with Crippen LogP contribution < -0.4 is 0 Å². The second-order valence-electron chi connectivity index (χ2n) is 6.83. The van der Waals surface area contributed by atoms with Crippen LogP contribution in [0.1, 0.15) is 50.3 Å². The molecule has 0 radical (unpaired) electrons. The van der Waals surface area contributed by atoms with Crippen LogP contribution in [0.15, 0.2) is 12.1 Å². The van der Waals surface area contributed by atoms with Crippen LogP contribution in [0.4, 0.5) is 0 Å². The van der Waals surface area contributed by atoms with Crippen LogP contribution in [0.5, 0.6) is 0 Å². The minimum atomic E-state index is -1.65. The Kier molecular flexibility index (Phi) is 6.22. The maximum Gasteiger partial charge on any atom is 0.354 e. The van der Waals surface area contributed by atoms with Crippen molar-refractivity contribution in [2.24, 2.45) is 0 Å². The topological polar surface area (TPSA) is 51.3 Å². The molecule has 0 spiro atoms. The summed E-state index contributed by atoms with van der Waals surface area (Å²) in [5.74, 6) is -0.290. The molecule has 1 aromatic heterocycles. The molecule has 0 atom stereocenters. The molecule has 5 heteroatoms. The van der Waals surface area contributed by atoms with Crippen molar-refractivity contribution in [3.63, 3.8) is 0 Å². The van der Waals surface area contributed by atoms with Gasteiger partial charge in [0, 0.05) is 12.3 Å². The number of nitrogens with one attached hydrogen (secondary N) is 1. The van der Waals surface area contributed by atoms with E-state index < -0.39 is 8.32 Å². The Hall–Kier alpha value is -1.07. The average molecular weight is 311 g/mol. The fourth-order valence-corrected chi connectivity index (χ4v) is 2.81. The molecule has 0 aliphatic rings. The Morgan fingerprint density at radius 1 is 1.29 bits per heavy atom. The van der Waals surface area contributed by atoms with E-state index in [1.54, 1.807) is 13.0 Å². The third-order valence-electron chi connectivity index (χ3n) is 4.10.